The summed E-state index contributed by atoms with van der Waals surface area (Å²) < 4.78 is 0. The van der Waals surface area contributed by atoms with Crippen molar-refractivity contribution in [2.24, 2.45) is 11.8 Å². The lowest BCUT2D eigenvalue weighted by Gasteiger charge is -2.28. The first-order chi connectivity index (χ1) is 13.1. The fraction of sp³-hybridized carbons (Fsp3) is 0.444. The predicted octanol–water partition coefficient (Wildman–Crippen LogP) is 3.41. The summed E-state index contributed by atoms with van der Waals surface area (Å²) in [5.74, 6) is 2.86. The van der Waals surface area contributed by atoms with Crippen molar-refractivity contribution >= 4 is 46.0 Å². The first-order valence-electron chi connectivity index (χ1n) is 9.04. The average molecular weight is 404 g/mol. The molecule has 2 unspecified atom stereocenters. The molecular formula is C18H19Cl2N7. The summed E-state index contributed by atoms with van der Waals surface area (Å²) >= 11 is 12.1. The van der Waals surface area contributed by atoms with Crippen LogP contribution in [0.1, 0.15) is 12.8 Å². The molecule has 1 saturated carbocycles. The van der Waals surface area contributed by atoms with Gasteiger partial charge in [0.05, 0.1) is 5.39 Å². The predicted molar refractivity (Wildman–Crippen MR) is 107 cm³/mol. The number of hydrogen-bond donors (Lipinski definition) is 1. The number of aromatic nitrogens is 5. The Morgan fingerprint density at radius 3 is 2.52 bits per heavy atom. The Balaban J connectivity index is 1.31. The molecular weight excluding hydrogens is 385 g/mol. The van der Waals surface area contributed by atoms with E-state index in [1.807, 2.05) is 12.3 Å². The number of fused-ring (bicyclic) bond motifs is 2. The zero-order valence-corrected chi connectivity index (χ0v) is 16.3. The SMILES string of the molecule is CN(c1ncnc2[nH]ccc12)C1CC2CN(c3nc(Cl)cc(Cl)n3)C[C@@H]2C1. The van der Waals surface area contributed by atoms with Crippen LogP contribution in [0.2, 0.25) is 10.3 Å². The lowest BCUT2D eigenvalue weighted by Crippen LogP contribution is -2.33. The maximum atomic E-state index is 6.04. The van der Waals surface area contributed by atoms with Crippen LogP contribution in [0, 0.1) is 11.8 Å². The summed E-state index contributed by atoms with van der Waals surface area (Å²) in [6, 6.07) is 4.08. The normalized spacial score (nSPS) is 24.6. The number of halogens is 2. The summed E-state index contributed by atoms with van der Waals surface area (Å²) in [5, 5.41) is 1.85. The van der Waals surface area contributed by atoms with Gasteiger partial charge in [0.15, 0.2) is 0 Å². The maximum Gasteiger partial charge on any atom is 0.228 e. The highest BCUT2D eigenvalue weighted by atomic mass is 35.5. The number of rotatable bonds is 3. The van der Waals surface area contributed by atoms with E-state index in [0.717, 1.165) is 42.8 Å². The quantitative estimate of drug-likeness (QED) is 0.675. The molecule has 0 spiro atoms. The molecule has 2 fully saturated rings. The van der Waals surface area contributed by atoms with Crippen molar-refractivity contribution in [1.29, 1.82) is 0 Å². The Morgan fingerprint density at radius 1 is 1.11 bits per heavy atom. The molecule has 0 bridgehead atoms. The second-order valence-electron chi connectivity index (χ2n) is 7.41. The van der Waals surface area contributed by atoms with Gasteiger partial charge in [0.2, 0.25) is 5.95 Å². The highest BCUT2D eigenvalue weighted by molar-refractivity contribution is 6.33. The van der Waals surface area contributed by atoms with Crippen molar-refractivity contribution in [3.05, 3.63) is 35.0 Å². The number of aromatic amines is 1. The van der Waals surface area contributed by atoms with Crippen LogP contribution < -0.4 is 9.80 Å². The second-order valence-corrected chi connectivity index (χ2v) is 8.19. The summed E-state index contributed by atoms with van der Waals surface area (Å²) in [7, 11) is 2.14. The van der Waals surface area contributed by atoms with Crippen molar-refractivity contribution in [2.45, 2.75) is 18.9 Å². The standard InChI is InChI=1S/C18H19Cl2N7/c1-26(17-13-2-3-21-16(13)22-9-23-17)12-4-10-7-27(8-11(10)5-12)18-24-14(19)6-15(20)25-18/h2-3,6,9-12H,4-5,7-8H2,1H3,(H,21,22,23)/t10-,11?,12?/m0/s1. The minimum absolute atomic E-state index is 0.388. The van der Waals surface area contributed by atoms with Gasteiger partial charge in [0.25, 0.3) is 0 Å². The monoisotopic (exact) mass is 403 g/mol. The number of nitrogens with zero attached hydrogens (tertiary/aromatic N) is 6. The van der Waals surface area contributed by atoms with E-state index >= 15 is 0 Å². The van der Waals surface area contributed by atoms with Gasteiger partial charge >= 0.3 is 0 Å². The Labute approximate surface area is 166 Å². The van der Waals surface area contributed by atoms with Gasteiger partial charge < -0.3 is 14.8 Å². The van der Waals surface area contributed by atoms with Gasteiger partial charge in [-0.1, -0.05) is 23.2 Å². The third-order valence-corrected chi connectivity index (χ3v) is 6.26. The molecule has 0 aromatic carbocycles. The topological polar surface area (TPSA) is 73.8 Å². The molecule has 27 heavy (non-hydrogen) atoms. The first-order valence-corrected chi connectivity index (χ1v) is 9.80. The number of anilines is 2. The van der Waals surface area contributed by atoms with Crippen LogP contribution in [-0.4, -0.2) is 51.1 Å². The highest BCUT2D eigenvalue weighted by Crippen LogP contribution is 2.42. The molecule has 1 N–H and O–H groups in total. The molecule has 3 atom stereocenters. The van der Waals surface area contributed by atoms with E-state index in [1.165, 1.54) is 0 Å². The van der Waals surface area contributed by atoms with Crippen LogP contribution in [-0.2, 0) is 0 Å². The van der Waals surface area contributed by atoms with Crippen LogP contribution in [0.15, 0.2) is 24.7 Å². The fourth-order valence-corrected chi connectivity index (χ4v) is 4.99. The fourth-order valence-electron chi connectivity index (χ4n) is 4.58. The largest absolute Gasteiger partial charge is 0.356 e. The van der Waals surface area contributed by atoms with Crippen molar-refractivity contribution in [1.82, 2.24) is 24.9 Å². The second kappa shape index (κ2) is 6.49. The molecule has 0 amide bonds. The number of hydrogen-bond acceptors (Lipinski definition) is 6. The van der Waals surface area contributed by atoms with Gasteiger partial charge in [0, 0.05) is 38.4 Å². The molecule has 1 saturated heterocycles. The average Bonchev–Trinajstić information content (AvgIpc) is 3.33. The Morgan fingerprint density at radius 2 is 1.81 bits per heavy atom. The third kappa shape index (κ3) is 2.99. The molecule has 5 rings (SSSR count). The minimum atomic E-state index is 0.388. The lowest BCUT2D eigenvalue weighted by atomic mass is 10.0. The van der Waals surface area contributed by atoms with Crippen molar-refractivity contribution in [3.8, 4) is 0 Å². The van der Waals surface area contributed by atoms with Gasteiger partial charge in [-0.15, -0.1) is 0 Å². The summed E-state index contributed by atoms with van der Waals surface area (Å²) in [6.45, 7) is 1.88. The van der Waals surface area contributed by atoms with E-state index in [2.05, 4.69) is 41.8 Å². The maximum absolute atomic E-state index is 6.04. The van der Waals surface area contributed by atoms with E-state index < -0.39 is 0 Å². The Kier molecular flexibility index (Phi) is 4.09. The molecule has 9 heteroatoms. The van der Waals surface area contributed by atoms with Crippen LogP contribution in [0.25, 0.3) is 11.0 Å². The number of nitrogens with one attached hydrogen (secondary N) is 1. The van der Waals surface area contributed by atoms with Crippen LogP contribution >= 0.6 is 23.2 Å². The molecule has 1 aliphatic carbocycles. The van der Waals surface area contributed by atoms with Crippen molar-refractivity contribution in [3.63, 3.8) is 0 Å². The van der Waals surface area contributed by atoms with Gasteiger partial charge in [-0.2, -0.15) is 0 Å². The van der Waals surface area contributed by atoms with Gasteiger partial charge in [-0.3, -0.25) is 0 Å². The van der Waals surface area contributed by atoms with Crippen molar-refractivity contribution in [2.75, 3.05) is 29.9 Å². The summed E-state index contributed by atoms with van der Waals surface area (Å²) in [4.78, 5) is 25.2. The van der Waals surface area contributed by atoms with E-state index in [9.17, 15) is 0 Å². The highest BCUT2D eigenvalue weighted by Gasteiger charge is 2.43. The van der Waals surface area contributed by atoms with Crippen LogP contribution in [0.4, 0.5) is 11.8 Å². The summed E-state index contributed by atoms with van der Waals surface area (Å²) in [5.41, 5.74) is 0.881. The first kappa shape index (κ1) is 17.0. The molecule has 2 aliphatic rings. The number of H-pyrrole nitrogens is 1. The molecule has 7 nitrogen and oxygen atoms in total. The Bertz CT molecular complexity index is 957. The van der Waals surface area contributed by atoms with Gasteiger partial charge in [-0.25, -0.2) is 19.9 Å². The minimum Gasteiger partial charge on any atom is -0.356 e. The molecule has 140 valence electrons. The van der Waals surface area contributed by atoms with E-state index in [1.54, 1.807) is 12.4 Å². The molecule has 1 aliphatic heterocycles. The summed E-state index contributed by atoms with van der Waals surface area (Å²) in [6.07, 6.45) is 5.79. The van der Waals surface area contributed by atoms with Gasteiger partial charge in [0.1, 0.15) is 28.1 Å². The van der Waals surface area contributed by atoms with Crippen LogP contribution in [0.5, 0.6) is 0 Å². The lowest BCUT2D eigenvalue weighted by molar-refractivity contribution is 0.494. The Hall–Kier alpha value is -2.12. The molecule has 0 radical (unpaired) electrons. The molecule has 3 aromatic heterocycles. The van der Waals surface area contributed by atoms with E-state index in [4.69, 9.17) is 23.2 Å². The third-order valence-electron chi connectivity index (χ3n) is 5.88. The smallest absolute Gasteiger partial charge is 0.228 e. The molecule has 3 aromatic rings. The zero-order valence-electron chi connectivity index (χ0n) is 14.8. The zero-order chi connectivity index (χ0) is 18.5. The van der Waals surface area contributed by atoms with Crippen LogP contribution in [0.3, 0.4) is 0 Å². The molecule has 4 heterocycles. The van der Waals surface area contributed by atoms with E-state index in [0.29, 0.717) is 34.1 Å². The van der Waals surface area contributed by atoms with E-state index in [-0.39, 0.29) is 0 Å². The van der Waals surface area contributed by atoms with Crippen molar-refractivity contribution < 1.29 is 0 Å². The van der Waals surface area contributed by atoms with Gasteiger partial charge in [-0.05, 0) is 30.7 Å².